The maximum atomic E-state index is 4.60. The van der Waals surface area contributed by atoms with Crippen molar-refractivity contribution in [2.45, 2.75) is 65.3 Å². The average molecular weight is 274 g/mol. The van der Waals surface area contributed by atoms with Crippen molar-refractivity contribution in [3.8, 4) is 0 Å². The van der Waals surface area contributed by atoms with Gasteiger partial charge >= 0.3 is 0 Å². The highest BCUT2D eigenvalue weighted by Crippen LogP contribution is 2.31. The first kappa shape index (κ1) is 15.5. The van der Waals surface area contributed by atoms with E-state index in [-0.39, 0.29) is 0 Å². The van der Waals surface area contributed by atoms with Crippen LogP contribution in [0.15, 0.2) is 18.3 Å². The Morgan fingerprint density at radius 1 is 1.25 bits per heavy atom. The molecule has 1 saturated carbocycles. The molecular weight excluding hydrogens is 244 g/mol. The Balaban J connectivity index is 1.97. The van der Waals surface area contributed by atoms with E-state index in [4.69, 9.17) is 0 Å². The number of hydrogen-bond donors (Lipinski definition) is 1. The largest absolute Gasteiger partial charge is 0.313 e. The van der Waals surface area contributed by atoms with Gasteiger partial charge in [0.15, 0.2) is 0 Å². The van der Waals surface area contributed by atoms with E-state index in [9.17, 15) is 0 Å². The van der Waals surface area contributed by atoms with Crippen molar-refractivity contribution >= 4 is 0 Å². The van der Waals surface area contributed by atoms with Gasteiger partial charge in [0.1, 0.15) is 0 Å². The zero-order valence-corrected chi connectivity index (χ0v) is 13.4. The highest BCUT2D eigenvalue weighted by Gasteiger charge is 2.26. The Hall–Kier alpha value is -0.890. The highest BCUT2D eigenvalue weighted by atomic mass is 14.9. The van der Waals surface area contributed by atoms with Crippen LogP contribution in [0.2, 0.25) is 0 Å². The van der Waals surface area contributed by atoms with Crippen LogP contribution in [0.25, 0.3) is 0 Å². The lowest BCUT2D eigenvalue weighted by molar-refractivity contribution is 0.228. The van der Waals surface area contributed by atoms with E-state index < -0.39 is 0 Å². The molecule has 1 fully saturated rings. The zero-order chi connectivity index (χ0) is 14.4. The van der Waals surface area contributed by atoms with Gasteiger partial charge in [0.2, 0.25) is 0 Å². The number of aromatic nitrogens is 1. The van der Waals surface area contributed by atoms with Gasteiger partial charge in [-0.2, -0.15) is 0 Å². The van der Waals surface area contributed by atoms with Gasteiger partial charge in [0.25, 0.3) is 0 Å². The molecule has 1 heterocycles. The van der Waals surface area contributed by atoms with E-state index in [0.717, 1.165) is 24.8 Å². The van der Waals surface area contributed by atoms with Gasteiger partial charge in [-0.1, -0.05) is 32.8 Å². The van der Waals surface area contributed by atoms with E-state index in [1.807, 2.05) is 6.20 Å². The molecule has 112 valence electrons. The molecule has 1 N–H and O–H groups in total. The molecule has 1 atom stereocenters. The summed E-state index contributed by atoms with van der Waals surface area (Å²) in [5.41, 5.74) is 2.49. The van der Waals surface area contributed by atoms with Crippen LogP contribution >= 0.6 is 0 Å². The van der Waals surface area contributed by atoms with E-state index in [1.54, 1.807) is 0 Å². The predicted molar refractivity (Wildman–Crippen MR) is 85.9 cm³/mol. The van der Waals surface area contributed by atoms with Crippen molar-refractivity contribution in [1.82, 2.24) is 10.3 Å². The monoisotopic (exact) mass is 274 g/mol. The topological polar surface area (TPSA) is 24.9 Å². The normalized spacial score (nSPS) is 24.6. The Kier molecular flexibility index (Phi) is 6.03. The van der Waals surface area contributed by atoms with Gasteiger partial charge in [0, 0.05) is 24.4 Å². The first-order valence-corrected chi connectivity index (χ1v) is 8.34. The fourth-order valence-electron chi connectivity index (χ4n) is 3.27. The van der Waals surface area contributed by atoms with Crippen molar-refractivity contribution in [2.24, 2.45) is 11.8 Å². The third-order valence-corrected chi connectivity index (χ3v) is 4.69. The lowest BCUT2D eigenvalue weighted by Crippen LogP contribution is -2.40. The molecule has 0 bridgehead atoms. The molecule has 1 aromatic rings. The quantitative estimate of drug-likeness (QED) is 0.844. The van der Waals surface area contributed by atoms with Crippen LogP contribution in [0.1, 0.15) is 57.2 Å². The Labute approximate surface area is 124 Å². The van der Waals surface area contributed by atoms with Crippen molar-refractivity contribution < 1.29 is 0 Å². The van der Waals surface area contributed by atoms with Gasteiger partial charge in [0.05, 0.1) is 0 Å². The van der Waals surface area contributed by atoms with Crippen LogP contribution in [0.4, 0.5) is 0 Å². The van der Waals surface area contributed by atoms with Crippen LogP contribution in [0.5, 0.6) is 0 Å². The minimum Gasteiger partial charge on any atom is -0.313 e. The van der Waals surface area contributed by atoms with Crippen molar-refractivity contribution in [1.29, 1.82) is 0 Å². The molecular formula is C18H30N2. The summed E-state index contributed by atoms with van der Waals surface area (Å²) >= 11 is 0. The Bertz CT molecular complexity index is 377. The van der Waals surface area contributed by atoms with Crippen LogP contribution in [-0.2, 0) is 6.42 Å². The van der Waals surface area contributed by atoms with E-state index in [1.165, 1.54) is 43.4 Å². The minimum absolute atomic E-state index is 0.609. The van der Waals surface area contributed by atoms with E-state index in [0.29, 0.717) is 6.04 Å². The third-order valence-electron chi connectivity index (χ3n) is 4.69. The summed E-state index contributed by atoms with van der Waals surface area (Å²) in [6.07, 6.45) is 9.85. The molecule has 0 aromatic carbocycles. The second-order valence-corrected chi connectivity index (χ2v) is 6.61. The first-order chi connectivity index (χ1) is 9.69. The summed E-state index contributed by atoms with van der Waals surface area (Å²) < 4.78 is 0. The molecule has 0 radical (unpaired) electrons. The highest BCUT2D eigenvalue weighted by molar-refractivity contribution is 5.13. The molecule has 1 unspecified atom stereocenters. The fraction of sp³-hybridized carbons (Fsp3) is 0.722. The molecule has 1 aliphatic rings. The summed E-state index contributed by atoms with van der Waals surface area (Å²) in [5.74, 6) is 1.76. The zero-order valence-electron chi connectivity index (χ0n) is 13.4. The minimum atomic E-state index is 0.609. The number of hydrogen-bond acceptors (Lipinski definition) is 2. The number of rotatable bonds is 6. The summed E-state index contributed by atoms with van der Waals surface area (Å²) in [6.45, 7) is 7.87. The second-order valence-electron chi connectivity index (χ2n) is 6.61. The van der Waals surface area contributed by atoms with Crippen LogP contribution < -0.4 is 5.32 Å². The average Bonchev–Trinajstić information content (AvgIpc) is 2.46. The molecule has 2 rings (SSSR count). The van der Waals surface area contributed by atoms with Gasteiger partial charge < -0.3 is 5.32 Å². The standard InChI is InChI=1S/C18H30N2/c1-4-11-19-18(16-8-5-14(2)6-9-16)12-17-10-7-15(3)13-20-17/h7,10,13-14,16,18-19H,4-6,8-9,11-12H2,1-3H3. The molecule has 0 amide bonds. The molecule has 1 aromatic heterocycles. The fourth-order valence-corrected chi connectivity index (χ4v) is 3.27. The summed E-state index contributed by atoms with van der Waals surface area (Å²) in [4.78, 5) is 4.60. The number of nitrogens with one attached hydrogen (secondary N) is 1. The third kappa shape index (κ3) is 4.59. The van der Waals surface area contributed by atoms with Crippen molar-refractivity contribution in [3.05, 3.63) is 29.6 Å². The second kappa shape index (κ2) is 7.78. The SMILES string of the molecule is CCCNC(Cc1ccc(C)cn1)C1CCC(C)CC1. The Morgan fingerprint density at radius 2 is 2.00 bits per heavy atom. The Morgan fingerprint density at radius 3 is 2.60 bits per heavy atom. The molecule has 1 aliphatic carbocycles. The molecule has 0 aliphatic heterocycles. The smallest absolute Gasteiger partial charge is 0.0419 e. The summed E-state index contributed by atoms with van der Waals surface area (Å²) in [6, 6.07) is 4.99. The molecule has 0 saturated heterocycles. The van der Waals surface area contributed by atoms with E-state index in [2.05, 4.69) is 43.2 Å². The molecule has 2 heteroatoms. The van der Waals surface area contributed by atoms with Gasteiger partial charge in [-0.15, -0.1) is 0 Å². The molecule has 0 spiro atoms. The van der Waals surface area contributed by atoms with Gasteiger partial charge in [-0.05, 0) is 56.2 Å². The van der Waals surface area contributed by atoms with Crippen molar-refractivity contribution in [2.75, 3.05) is 6.54 Å². The molecule has 20 heavy (non-hydrogen) atoms. The first-order valence-electron chi connectivity index (χ1n) is 8.34. The number of pyridine rings is 1. The van der Waals surface area contributed by atoms with Crippen molar-refractivity contribution in [3.63, 3.8) is 0 Å². The predicted octanol–water partition coefficient (Wildman–Crippen LogP) is 4.13. The van der Waals surface area contributed by atoms with Crippen LogP contribution in [-0.4, -0.2) is 17.6 Å². The van der Waals surface area contributed by atoms with Gasteiger partial charge in [-0.3, -0.25) is 4.98 Å². The molecule has 2 nitrogen and oxygen atoms in total. The number of nitrogens with zero attached hydrogens (tertiary/aromatic N) is 1. The van der Waals surface area contributed by atoms with Crippen LogP contribution in [0.3, 0.4) is 0 Å². The van der Waals surface area contributed by atoms with Gasteiger partial charge in [-0.25, -0.2) is 0 Å². The van der Waals surface area contributed by atoms with E-state index >= 15 is 0 Å². The summed E-state index contributed by atoms with van der Waals surface area (Å²) in [5, 5.41) is 3.78. The van der Waals surface area contributed by atoms with Crippen LogP contribution in [0, 0.1) is 18.8 Å². The number of aryl methyl sites for hydroxylation is 1. The lowest BCUT2D eigenvalue weighted by Gasteiger charge is -2.33. The maximum Gasteiger partial charge on any atom is 0.0419 e. The maximum absolute atomic E-state index is 4.60. The lowest BCUT2D eigenvalue weighted by atomic mass is 9.78. The summed E-state index contributed by atoms with van der Waals surface area (Å²) in [7, 11) is 0.